The molecule has 148 valence electrons. The lowest BCUT2D eigenvalue weighted by Crippen LogP contribution is -2.32. The smallest absolute Gasteiger partial charge is 0.241 e. The molecule has 6 nitrogen and oxygen atoms in total. The molecule has 0 radical (unpaired) electrons. The number of fused-ring (bicyclic) bond motifs is 1. The van der Waals surface area contributed by atoms with Gasteiger partial charge in [-0.3, -0.25) is 4.98 Å². The fourth-order valence-electron chi connectivity index (χ4n) is 2.98. The quantitative estimate of drug-likeness (QED) is 0.513. The lowest BCUT2D eigenvalue weighted by atomic mass is 10.1. The first-order chi connectivity index (χ1) is 13.6. The Hall–Kier alpha value is -2.48. The predicted octanol–water partition coefficient (Wildman–Crippen LogP) is 2.74. The summed E-state index contributed by atoms with van der Waals surface area (Å²) in [5.74, 6) is 0.583. The zero-order chi connectivity index (χ0) is 19.8. The standard InChI is InChI=1S/C21H25N3O3S/c1-2-27-19-10-11-20(18-9-6-13-23-21(18)19)28(25,26)24-16-15-22-14-12-17-7-4-3-5-8-17/h3-11,13,22,24H,2,12,14-16H2,1H3. The molecule has 0 saturated heterocycles. The molecule has 2 aromatic carbocycles. The number of benzene rings is 2. The Morgan fingerprint density at radius 1 is 0.964 bits per heavy atom. The molecule has 7 heteroatoms. The van der Waals surface area contributed by atoms with Gasteiger partial charge in [0.25, 0.3) is 0 Å². The van der Waals surface area contributed by atoms with Crippen LogP contribution in [-0.4, -0.2) is 39.6 Å². The molecular weight excluding hydrogens is 374 g/mol. The fraction of sp³-hybridized carbons (Fsp3) is 0.286. The molecule has 3 aromatic rings. The monoisotopic (exact) mass is 399 g/mol. The number of nitrogens with zero attached hydrogens (tertiary/aromatic N) is 1. The van der Waals surface area contributed by atoms with Crippen molar-refractivity contribution in [1.82, 2.24) is 15.0 Å². The maximum atomic E-state index is 12.8. The number of aromatic nitrogens is 1. The van der Waals surface area contributed by atoms with Crippen LogP contribution < -0.4 is 14.8 Å². The van der Waals surface area contributed by atoms with E-state index < -0.39 is 10.0 Å². The molecule has 0 aliphatic heterocycles. The SMILES string of the molecule is CCOc1ccc(S(=O)(=O)NCCNCCc2ccccc2)c2cccnc12. The highest BCUT2D eigenvalue weighted by Gasteiger charge is 2.19. The van der Waals surface area contributed by atoms with E-state index in [1.54, 1.807) is 30.5 Å². The minimum atomic E-state index is -3.64. The third kappa shape index (κ3) is 5.07. The van der Waals surface area contributed by atoms with Gasteiger partial charge in [0, 0.05) is 24.7 Å². The van der Waals surface area contributed by atoms with E-state index in [2.05, 4.69) is 27.2 Å². The second kappa shape index (κ2) is 9.64. The summed E-state index contributed by atoms with van der Waals surface area (Å²) in [6.45, 7) is 4.03. The van der Waals surface area contributed by atoms with Gasteiger partial charge in [-0.2, -0.15) is 0 Å². The van der Waals surface area contributed by atoms with Crippen molar-refractivity contribution in [1.29, 1.82) is 0 Å². The topological polar surface area (TPSA) is 80.3 Å². The third-order valence-corrected chi connectivity index (χ3v) is 5.83. The second-order valence-corrected chi connectivity index (χ2v) is 8.01. The van der Waals surface area contributed by atoms with E-state index in [-0.39, 0.29) is 4.90 Å². The van der Waals surface area contributed by atoms with E-state index in [9.17, 15) is 8.42 Å². The maximum absolute atomic E-state index is 12.8. The summed E-state index contributed by atoms with van der Waals surface area (Å²) in [6.07, 6.45) is 2.54. The van der Waals surface area contributed by atoms with Crippen LogP contribution in [0.5, 0.6) is 5.75 Å². The van der Waals surface area contributed by atoms with Gasteiger partial charge in [0.1, 0.15) is 11.3 Å². The molecule has 1 aromatic heterocycles. The first-order valence-corrected chi connectivity index (χ1v) is 10.8. The average molecular weight is 400 g/mol. The summed E-state index contributed by atoms with van der Waals surface area (Å²) in [4.78, 5) is 4.51. The van der Waals surface area contributed by atoms with Crippen molar-refractivity contribution in [3.05, 3.63) is 66.4 Å². The molecule has 0 spiro atoms. The van der Waals surface area contributed by atoms with Crippen LogP contribution in [-0.2, 0) is 16.4 Å². The van der Waals surface area contributed by atoms with E-state index in [0.29, 0.717) is 36.3 Å². The summed E-state index contributed by atoms with van der Waals surface area (Å²) in [6, 6.07) is 16.9. The van der Waals surface area contributed by atoms with Crippen molar-refractivity contribution in [2.45, 2.75) is 18.2 Å². The minimum Gasteiger partial charge on any atom is -0.492 e. The Morgan fingerprint density at radius 3 is 2.57 bits per heavy atom. The van der Waals surface area contributed by atoms with E-state index >= 15 is 0 Å². The maximum Gasteiger partial charge on any atom is 0.241 e. The normalized spacial score (nSPS) is 11.6. The van der Waals surface area contributed by atoms with Crippen LogP contribution in [0.3, 0.4) is 0 Å². The molecule has 0 atom stereocenters. The van der Waals surface area contributed by atoms with Crippen molar-refractivity contribution in [3.63, 3.8) is 0 Å². The molecule has 28 heavy (non-hydrogen) atoms. The molecule has 2 N–H and O–H groups in total. The molecule has 0 saturated carbocycles. The van der Waals surface area contributed by atoms with Crippen molar-refractivity contribution < 1.29 is 13.2 Å². The molecular formula is C21H25N3O3S. The van der Waals surface area contributed by atoms with E-state index in [0.717, 1.165) is 13.0 Å². The van der Waals surface area contributed by atoms with Gasteiger partial charge in [0.15, 0.2) is 0 Å². The molecule has 0 bridgehead atoms. The van der Waals surface area contributed by atoms with Gasteiger partial charge in [-0.05, 0) is 49.7 Å². The first kappa shape index (κ1) is 20.3. The third-order valence-electron chi connectivity index (χ3n) is 4.31. The minimum absolute atomic E-state index is 0.211. The average Bonchev–Trinajstić information content (AvgIpc) is 2.71. The summed E-state index contributed by atoms with van der Waals surface area (Å²) in [7, 11) is -3.64. The second-order valence-electron chi connectivity index (χ2n) is 6.28. The molecule has 3 rings (SSSR count). The van der Waals surface area contributed by atoms with Crippen LogP contribution in [0, 0.1) is 0 Å². The van der Waals surface area contributed by atoms with Gasteiger partial charge in [-0.25, -0.2) is 13.1 Å². The number of hydrogen-bond donors (Lipinski definition) is 2. The van der Waals surface area contributed by atoms with Crippen LogP contribution >= 0.6 is 0 Å². The van der Waals surface area contributed by atoms with Gasteiger partial charge in [-0.1, -0.05) is 30.3 Å². The molecule has 0 amide bonds. The fourth-order valence-corrected chi connectivity index (χ4v) is 4.21. The van der Waals surface area contributed by atoms with E-state index in [1.807, 2.05) is 25.1 Å². The summed E-state index contributed by atoms with van der Waals surface area (Å²) >= 11 is 0. The Labute approximate surface area is 166 Å². The Bertz CT molecular complexity index is 1010. The van der Waals surface area contributed by atoms with Crippen LogP contribution in [0.15, 0.2) is 65.7 Å². The predicted molar refractivity (Wildman–Crippen MR) is 111 cm³/mol. The number of pyridine rings is 1. The highest BCUT2D eigenvalue weighted by atomic mass is 32.2. The van der Waals surface area contributed by atoms with Crippen LogP contribution in [0.1, 0.15) is 12.5 Å². The zero-order valence-electron chi connectivity index (χ0n) is 15.9. The number of sulfonamides is 1. The van der Waals surface area contributed by atoms with E-state index in [1.165, 1.54) is 5.56 Å². The number of hydrogen-bond acceptors (Lipinski definition) is 5. The van der Waals surface area contributed by atoms with Gasteiger partial charge < -0.3 is 10.1 Å². The Morgan fingerprint density at radius 2 is 1.79 bits per heavy atom. The summed E-state index contributed by atoms with van der Waals surface area (Å²) in [5.41, 5.74) is 1.80. The van der Waals surface area contributed by atoms with Crippen LogP contribution in [0.25, 0.3) is 10.9 Å². The molecule has 0 unspecified atom stereocenters. The van der Waals surface area contributed by atoms with Gasteiger partial charge in [0.2, 0.25) is 10.0 Å². The van der Waals surface area contributed by atoms with E-state index in [4.69, 9.17) is 4.74 Å². The molecule has 0 aliphatic carbocycles. The zero-order valence-corrected chi connectivity index (χ0v) is 16.7. The van der Waals surface area contributed by atoms with Crippen LogP contribution in [0.2, 0.25) is 0 Å². The molecule has 1 heterocycles. The van der Waals surface area contributed by atoms with Crippen molar-refractivity contribution in [2.24, 2.45) is 0 Å². The largest absolute Gasteiger partial charge is 0.492 e. The van der Waals surface area contributed by atoms with Crippen LogP contribution in [0.4, 0.5) is 0 Å². The number of ether oxygens (including phenoxy) is 1. The first-order valence-electron chi connectivity index (χ1n) is 9.36. The van der Waals surface area contributed by atoms with Gasteiger partial charge in [0.05, 0.1) is 11.5 Å². The molecule has 0 aliphatic rings. The van der Waals surface area contributed by atoms with Gasteiger partial charge >= 0.3 is 0 Å². The Balaban J connectivity index is 1.59. The lowest BCUT2D eigenvalue weighted by molar-refractivity contribution is 0.343. The molecule has 0 fully saturated rings. The van der Waals surface area contributed by atoms with Gasteiger partial charge in [-0.15, -0.1) is 0 Å². The number of rotatable bonds is 10. The Kier molecular flexibility index (Phi) is 6.97. The van der Waals surface area contributed by atoms with Crippen molar-refractivity contribution in [2.75, 3.05) is 26.2 Å². The summed E-state index contributed by atoms with van der Waals surface area (Å²) < 4.78 is 33.7. The lowest BCUT2D eigenvalue weighted by Gasteiger charge is -2.12. The highest BCUT2D eigenvalue weighted by molar-refractivity contribution is 7.89. The van der Waals surface area contributed by atoms with Crippen molar-refractivity contribution >= 4 is 20.9 Å². The summed E-state index contributed by atoms with van der Waals surface area (Å²) in [5, 5.41) is 3.82. The number of nitrogens with one attached hydrogen (secondary N) is 2. The highest BCUT2D eigenvalue weighted by Crippen LogP contribution is 2.29. The van der Waals surface area contributed by atoms with Crippen molar-refractivity contribution in [3.8, 4) is 5.75 Å².